The number of nitrogens with two attached hydrogens (primary N) is 1. The Hall–Kier alpha value is -2.38. The molecule has 158 valence electrons. The van der Waals surface area contributed by atoms with E-state index in [-0.39, 0.29) is 17.2 Å². The SMILES string of the molecule is CS(=O)(=O)c1cc(F)cc2c3c(n(Cc4ccc(Cl)cc4)c12)C(CC(N)=O)CCC3. The van der Waals surface area contributed by atoms with Gasteiger partial charge in [0.25, 0.3) is 0 Å². The summed E-state index contributed by atoms with van der Waals surface area (Å²) >= 11 is 6.01. The summed E-state index contributed by atoms with van der Waals surface area (Å²) in [4.78, 5) is 11.7. The number of aromatic nitrogens is 1. The zero-order chi connectivity index (χ0) is 21.6. The first-order valence-electron chi connectivity index (χ1n) is 9.72. The summed E-state index contributed by atoms with van der Waals surface area (Å²) in [5, 5.41) is 1.19. The number of aryl methyl sites for hydroxylation is 1. The summed E-state index contributed by atoms with van der Waals surface area (Å²) in [6.07, 6.45) is 3.54. The predicted molar refractivity (Wildman–Crippen MR) is 115 cm³/mol. The van der Waals surface area contributed by atoms with E-state index in [9.17, 15) is 17.6 Å². The molecule has 0 radical (unpaired) electrons. The maximum Gasteiger partial charge on any atom is 0.218 e. The summed E-state index contributed by atoms with van der Waals surface area (Å²) in [5.74, 6) is -1.14. The first-order chi connectivity index (χ1) is 14.1. The smallest absolute Gasteiger partial charge is 0.218 e. The van der Waals surface area contributed by atoms with Crippen molar-refractivity contribution in [2.75, 3.05) is 6.26 Å². The van der Waals surface area contributed by atoms with E-state index in [1.807, 2.05) is 16.7 Å². The normalized spacial score (nSPS) is 16.6. The van der Waals surface area contributed by atoms with Gasteiger partial charge in [0.2, 0.25) is 5.91 Å². The topological polar surface area (TPSA) is 82.2 Å². The number of sulfone groups is 1. The first-order valence-corrected chi connectivity index (χ1v) is 12.0. The minimum Gasteiger partial charge on any atom is -0.370 e. The van der Waals surface area contributed by atoms with Crippen molar-refractivity contribution in [2.24, 2.45) is 5.73 Å². The highest BCUT2D eigenvalue weighted by atomic mass is 35.5. The van der Waals surface area contributed by atoms with Crippen molar-refractivity contribution >= 4 is 38.2 Å². The van der Waals surface area contributed by atoms with E-state index in [4.69, 9.17) is 17.3 Å². The molecule has 8 heteroatoms. The molecule has 1 aromatic heterocycles. The van der Waals surface area contributed by atoms with Crippen LogP contribution in [-0.2, 0) is 27.6 Å². The molecule has 1 aliphatic rings. The summed E-state index contributed by atoms with van der Waals surface area (Å²) in [6.45, 7) is 0.381. The van der Waals surface area contributed by atoms with Gasteiger partial charge in [0.15, 0.2) is 9.84 Å². The van der Waals surface area contributed by atoms with Gasteiger partial charge in [-0.15, -0.1) is 0 Å². The van der Waals surface area contributed by atoms with Crippen LogP contribution in [0.1, 0.15) is 42.0 Å². The van der Waals surface area contributed by atoms with Crippen LogP contribution < -0.4 is 5.73 Å². The summed E-state index contributed by atoms with van der Waals surface area (Å²) in [7, 11) is -3.69. The van der Waals surface area contributed by atoms with E-state index in [1.54, 1.807) is 12.1 Å². The summed E-state index contributed by atoms with van der Waals surface area (Å²) < 4.78 is 41.4. The molecular formula is C22H22ClFN2O3S. The Morgan fingerprint density at radius 1 is 1.27 bits per heavy atom. The molecule has 1 atom stereocenters. The number of amides is 1. The van der Waals surface area contributed by atoms with Crippen LogP contribution in [0.4, 0.5) is 4.39 Å². The molecule has 1 aliphatic carbocycles. The Kier molecular flexibility index (Phi) is 5.36. The van der Waals surface area contributed by atoms with Crippen LogP contribution in [0.15, 0.2) is 41.3 Å². The molecule has 0 aliphatic heterocycles. The highest BCUT2D eigenvalue weighted by Crippen LogP contribution is 2.42. The van der Waals surface area contributed by atoms with Gasteiger partial charge in [-0.2, -0.15) is 0 Å². The monoisotopic (exact) mass is 448 g/mol. The molecule has 5 nitrogen and oxygen atoms in total. The number of carbonyl (C=O) groups excluding carboxylic acids is 1. The van der Waals surface area contributed by atoms with Crippen molar-refractivity contribution in [3.8, 4) is 0 Å². The first kappa shape index (κ1) is 20.9. The molecule has 0 saturated heterocycles. The standard InChI is InChI=1S/C22H22ClFN2O3S/c1-30(28,29)19-11-16(24)10-18-17-4-2-3-14(9-20(25)27)21(17)26(22(18)19)12-13-5-7-15(23)8-6-13/h5-8,10-11,14H,2-4,9,12H2,1H3,(H2,25,27). The fraction of sp³-hybridized carbons (Fsp3) is 0.318. The minimum atomic E-state index is -3.69. The maximum absolute atomic E-state index is 14.4. The lowest BCUT2D eigenvalue weighted by Gasteiger charge is -2.25. The molecular weight excluding hydrogens is 427 g/mol. The number of fused-ring (bicyclic) bond motifs is 3. The lowest BCUT2D eigenvalue weighted by atomic mass is 9.84. The molecule has 30 heavy (non-hydrogen) atoms. The number of hydrogen-bond donors (Lipinski definition) is 1. The third-order valence-corrected chi connectivity index (χ3v) is 7.06. The third-order valence-electron chi connectivity index (χ3n) is 5.70. The number of hydrogen-bond acceptors (Lipinski definition) is 3. The molecule has 2 aromatic carbocycles. The molecule has 0 fully saturated rings. The van der Waals surface area contributed by atoms with Gasteiger partial charge < -0.3 is 10.3 Å². The summed E-state index contributed by atoms with van der Waals surface area (Å²) in [5.41, 5.74) is 8.68. The van der Waals surface area contributed by atoms with E-state index in [1.165, 1.54) is 6.07 Å². The van der Waals surface area contributed by atoms with Gasteiger partial charge in [0, 0.05) is 41.2 Å². The average molecular weight is 449 g/mol. The Labute approximate surface area is 179 Å². The molecule has 1 amide bonds. The van der Waals surface area contributed by atoms with Gasteiger partial charge in [-0.25, -0.2) is 12.8 Å². The van der Waals surface area contributed by atoms with Crippen molar-refractivity contribution in [1.29, 1.82) is 0 Å². The molecule has 0 saturated carbocycles. The Balaban J connectivity index is 2.05. The number of primary amides is 1. The molecule has 0 spiro atoms. The van der Waals surface area contributed by atoms with Crippen LogP contribution >= 0.6 is 11.6 Å². The van der Waals surface area contributed by atoms with Crippen LogP contribution in [0.25, 0.3) is 10.9 Å². The molecule has 4 rings (SSSR count). The predicted octanol–water partition coefficient (Wildman–Crippen LogP) is 4.18. The van der Waals surface area contributed by atoms with Crippen LogP contribution in [0.3, 0.4) is 0 Å². The number of halogens is 2. The molecule has 1 unspecified atom stereocenters. The zero-order valence-electron chi connectivity index (χ0n) is 16.5. The quantitative estimate of drug-likeness (QED) is 0.635. The van der Waals surface area contributed by atoms with E-state index < -0.39 is 21.6 Å². The van der Waals surface area contributed by atoms with Crippen molar-refractivity contribution in [1.82, 2.24) is 4.57 Å². The van der Waals surface area contributed by atoms with Gasteiger partial charge >= 0.3 is 0 Å². The number of carbonyl (C=O) groups is 1. The van der Waals surface area contributed by atoms with Crippen molar-refractivity contribution < 1.29 is 17.6 Å². The van der Waals surface area contributed by atoms with Crippen LogP contribution in [0, 0.1) is 5.82 Å². The number of rotatable bonds is 5. The van der Waals surface area contributed by atoms with E-state index in [0.717, 1.165) is 42.0 Å². The van der Waals surface area contributed by atoms with Gasteiger partial charge in [-0.05, 0) is 54.7 Å². The number of nitrogens with zero attached hydrogens (tertiary/aromatic N) is 1. The second-order valence-corrected chi connectivity index (χ2v) is 10.3. The molecule has 0 bridgehead atoms. The zero-order valence-corrected chi connectivity index (χ0v) is 18.1. The van der Waals surface area contributed by atoms with E-state index in [2.05, 4.69) is 0 Å². The average Bonchev–Trinajstić information content (AvgIpc) is 2.96. The molecule has 2 N–H and O–H groups in total. The Morgan fingerprint density at radius 3 is 2.60 bits per heavy atom. The second-order valence-electron chi connectivity index (χ2n) is 7.91. The lowest BCUT2D eigenvalue weighted by Crippen LogP contribution is -2.21. The third kappa shape index (κ3) is 3.84. The van der Waals surface area contributed by atoms with E-state index >= 15 is 0 Å². The second kappa shape index (κ2) is 7.71. The van der Waals surface area contributed by atoms with Gasteiger partial charge in [0.05, 0.1) is 10.4 Å². The number of benzene rings is 2. The van der Waals surface area contributed by atoms with Gasteiger partial charge in [0.1, 0.15) is 5.82 Å². The lowest BCUT2D eigenvalue weighted by molar-refractivity contribution is -0.118. The largest absolute Gasteiger partial charge is 0.370 e. The maximum atomic E-state index is 14.4. The van der Waals surface area contributed by atoms with Crippen LogP contribution in [0.2, 0.25) is 5.02 Å². The molecule has 3 aromatic rings. The van der Waals surface area contributed by atoms with Gasteiger partial charge in [-0.3, -0.25) is 4.79 Å². The van der Waals surface area contributed by atoms with Gasteiger partial charge in [-0.1, -0.05) is 23.7 Å². The highest BCUT2D eigenvalue weighted by Gasteiger charge is 2.31. The molecule has 1 heterocycles. The Morgan fingerprint density at radius 2 is 1.97 bits per heavy atom. The van der Waals surface area contributed by atoms with Crippen molar-refractivity contribution in [3.05, 3.63) is 64.1 Å². The van der Waals surface area contributed by atoms with Crippen LogP contribution in [0.5, 0.6) is 0 Å². The fourth-order valence-corrected chi connectivity index (χ4v) is 5.58. The summed E-state index contributed by atoms with van der Waals surface area (Å²) in [6, 6.07) is 9.75. The minimum absolute atomic E-state index is 0.0429. The van der Waals surface area contributed by atoms with E-state index in [0.29, 0.717) is 28.9 Å². The fourth-order valence-electron chi connectivity index (χ4n) is 4.56. The highest BCUT2D eigenvalue weighted by molar-refractivity contribution is 7.91. The van der Waals surface area contributed by atoms with Crippen LogP contribution in [-0.4, -0.2) is 25.1 Å². The van der Waals surface area contributed by atoms with Crippen molar-refractivity contribution in [2.45, 2.75) is 43.0 Å². The Bertz CT molecular complexity index is 1250. The van der Waals surface area contributed by atoms with Crippen molar-refractivity contribution in [3.63, 3.8) is 0 Å².